The minimum Gasteiger partial charge on any atom is -0.365 e. The molecule has 5 heteroatoms. The van der Waals surface area contributed by atoms with Gasteiger partial charge in [-0.05, 0) is 19.9 Å². The molecular weight excluding hydrogens is 246 g/mol. The van der Waals surface area contributed by atoms with Crippen LogP contribution in [0, 0.1) is 11.6 Å². The van der Waals surface area contributed by atoms with Gasteiger partial charge >= 0.3 is 0 Å². The first kappa shape index (κ1) is 12.6. The van der Waals surface area contributed by atoms with E-state index in [2.05, 4.69) is 5.32 Å². The van der Waals surface area contributed by atoms with Gasteiger partial charge in [0.2, 0.25) is 0 Å². The zero-order chi connectivity index (χ0) is 12.6. The summed E-state index contributed by atoms with van der Waals surface area (Å²) in [7, 11) is 0. The van der Waals surface area contributed by atoms with Crippen LogP contribution in [0.25, 0.3) is 0 Å². The van der Waals surface area contributed by atoms with Crippen LogP contribution in [0.3, 0.4) is 0 Å². The van der Waals surface area contributed by atoms with E-state index >= 15 is 0 Å². The summed E-state index contributed by atoms with van der Waals surface area (Å²) >= 11 is 5.92. The second-order valence-corrected chi connectivity index (χ2v) is 5.36. The summed E-state index contributed by atoms with van der Waals surface area (Å²) in [5, 5.41) is 3.45. The highest BCUT2D eigenvalue weighted by Crippen LogP contribution is 2.31. The molecule has 0 amide bonds. The molecule has 0 radical (unpaired) electrons. The molecule has 17 heavy (non-hydrogen) atoms. The van der Waals surface area contributed by atoms with E-state index in [4.69, 9.17) is 11.6 Å². The molecule has 94 valence electrons. The van der Waals surface area contributed by atoms with Crippen LogP contribution in [0.15, 0.2) is 12.1 Å². The number of piperazine rings is 1. The molecule has 0 saturated carbocycles. The third-order valence-electron chi connectivity index (χ3n) is 2.87. The van der Waals surface area contributed by atoms with Crippen LogP contribution >= 0.6 is 11.6 Å². The number of halogens is 3. The number of benzene rings is 1. The standard InChI is InChI=1S/C12H15ClF2N2/c1-12(2)7-17(4-3-16-12)11-9(13)5-8(14)6-10(11)15/h5-6,16H,3-4,7H2,1-2H3. The molecular formula is C12H15ClF2N2. The van der Waals surface area contributed by atoms with E-state index in [0.717, 1.165) is 18.7 Å². The molecule has 1 saturated heterocycles. The Hall–Kier alpha value is -0.870. The van der Waals surface area contributed by atoms with E-state index in [-0.39, 0.29) is 10.6 Å². The van der Waals surface area contributed by atoms with E-state index in [0.29, 0.717) is 18.8 Å². The largest absolute Gasteiger partial charge is 0.365 e. The second-order valence-electron chi connectivity index (χ2n) is 4.95. The summed E-state index contributed by atoms with van der Waals surface area (Å²) in [6, 6.07) is 2.02. The van der Waals surface area contributed by atoms with Crippen LogP contribution in [0.1, 0.15) is 13.8 Å². The molecule has 1 aromatic carbocycles. The van der Waals surface area contributed by atoms with E-state index in [1.807, 2.05) is 18.7 Å². The Labute approximate surface area is 105 Å². The average Bonchev–Trinajstić information content (AvgIpc) is 2.13. The molecule has 0 unspecified atom stereocenters. The minimum absolute atomic E-state index is 0.109. The number of hydrogen-bond donors (Lipinski definition) is 1. The first-order valence-electron chi connectivity index (χ1n) is 5.53. The van der Waals surface area contributed by atoms with Gasteiger partial charge in [0.1, 0.15) is 5.82 Å². The number of nitrogens with zero attached hydrogens (tertiary/aromatic N) is 1. The SMILES string of the molecule is CC1(C)CN(c2c(F)cc(F)cc2Cl)CCN1. The van der Waals surface area contributed by atoms with E-state index in [9.17, 15) is 8.78 Å². The Morgan fingerprint density at radius 3 is 2.65 bits per heavy atom. The molecule has 1 N–H and O–H groups in total. The normalized spacial score (nSPS) is 19.5. The summed E-state index contributed by atoms with van der Waals surface area (Å²) in [5.74, 6) is -1.25. The van der Waals surface area contributed by atoms with Crippen molar-refractivity contribution < 1.29 is 8.78 Å². The lowest BCUT2D eigenvalue weighted by Crippen LogP contribution is -2.57. The Balaban J connectivity index is 2.34. The molecule has 1 fully saturated rings. The molecule has 2 rings (SSSR count). The molecule has 0 bridgehead atoms. The summed E-state index contributed by atoms with van der Waals surface area (Å²) in [6.07, 6.45) is 0. The Morgan fingerprint density at radius 2 is 2.06 bits per heavy atom. The molecule has 1 aliphatic rings. The maximum atomic E-state index is 13.8. The lowest BCUT2D eigenvalue weighted by molar-refractivity contribution is 0.351. The summed E-state index contributed by atoms with van der Waals surface area (Å²) in [6.45, 7) is 6.12. The molecule has 0 aromatic heterocycles. The summed E-state index contributed by atoms with van der Waals surface area (Å²) < 4.78 is 26.7. The predicted molar refractivity (Wildman–Crippen MR) is 65.7 cm³/mol. The van der Waals surface area contributed by atoms with Gasteiger partial charge in [0, 0.05) is 31.2 Å². The fourth-order valence-electron chi connectivity index (χ4n) is 2.17. The minimum atomic E-state index is -0.648. The molecule has 1 aliphatic heterocycles. The number of anilines is 1. The van der Waals surface area contributed by atoms with Gasteiger partial charge in [0.15, 0.2) is 5.82 Å². The van der Waals surface area contributed by atoms with Crippen molar-refractivity contribution in [3.8, 4) is 0 Å². The quantitative estimate of drug-likeness (QED) is 0.835. The Bertz CT molecular complexity index is 412. The monoisotopic (exact) mass is 260 g/mol. The molecule has 1 aromatic rings. The zero-order valence-corrected chi connectivity index (χ0v) is 10.6. The number of nitrogens with one attached hydrogen (secondary N) is 1. The fraction of sp³-hybridized carbons (Fsp3) is 0.500. The second kappa shape index (κ2) is 4.42. The predicted octanol–water partition coefficient (Wildman–Crippen LogP) is 2.81. The van der Waals surface area contributed by atoms with Crippen LogP contribution in [0.5, 0.6) is 0 Å². The zero-order valence-electron chi connectivity index (χ0n) is 9.86. The third-order valence-corrected chi connectivity index (χ3v) is 3.16. The molecule has 1 heterocycles. The lowest BCUT2D eigenvalue weighted by Gasteiger charge is -2.40. The van der Waals surface area contributed by atoms with Crippen LogP contribution in [0.4, 0.5) is 14.5 Å². The van der Waals surface area contributed by atoms with Gasteiger partial charge in [-0.25, -0.2) is 8.78 Å². The van der Waals surface area contributed by atoms with Gasteiger partial charge in [0.05, 0.1) is 10.7 Å². The molecule has 0 spiro atoms. The van der Waals surface area contributed by atoms with Crippen LogP contribution < -0.4 is 10.2 Å². The van der Waals surface area contributed by atoms with Crippen LogP contribution in [0.2, 0.25) is 5.02 Å². The van der Waals surface area contributed by atoms with E-state index in [1.165, 1.54) is 0 Å². The Morgan fingerprint density at radius 1 is 1.35 bits per heavy atom. The van der Waals surface area contributed by atoms with Crippen molar-refractivity contribution in [1.82, 2.24) is 5.32 Å². The maximum absolute atomic E-state index is 13.8. The van der Waals surface area contributed by atoms with Gasteiger partial charge in [0.25, 0.3) is 0 Å². The van der Waals surface area contributed by atoms with Crippen molar-refractivity contribution in [2.24, 2.45) is 0 Å². The van der Waals surface area contributed by atoms with Crippen molar-refractivity contribution in [2.45, 2.75) is 19.4 Å². The van der Waals surface area contributed by atoms with Crippen molar-refractivity contribution >= 4 is 17.3 Å². The third kappa shape index (κ3) is 2.69. The van der Waals surface area contributed by atoms with Gasteiger partial charge in [-0.15, -0.1) is 0 Å². The van der Waals surface area contributed by atoms with E-state index in [1.54, 1.807) is 0 Å². The van der Waals surface area contributed by atoms with Crippen molar-refractivity contribution in [1.29, 1.82) is 0 Å². The van der Waals surface area contributed by atoms with Crippen LogP contribution in [-0.4, -0.2) is 25.2 Å². The first-order chi connectivity index (χ1) is 7.89. The first-order valence-corrected chi connectivity index (χ1v) is 5.91. The van der Waals surface area contributed by atoms with Gasteiger partial charge in [-0.1, -0.05) is 11.6 Å². The highest BCUT2D eigenvalue weighted by molar-refractivity contribution is 6.33. The van der Waals surface area contributed by atoms with E-state index < -0.39 is 11.6 Å². The van der Waals surface area contributed by atoms with Crippen molar-refractivity contribution in [3.63, 3.8) is 0 Å². The smallest absolute Gasteiger partial charge is 0.150 e. The molecule has 0 atom stereocenters. The lowest BCUT2D eigenvalue weighted by atomic mass is 10.0. The van der Waals surface area contributed by atoms with Crippen LogP contribution in [-0.2, 0) is 0 Å². The maximum Gasteiger partial charge on any atom is 0.150 e. The van der Waals surface area contributed by atoms with Gasteiger partial charge in [-0.3, -0.25) is 0 Å². The highest BCUT2D eigenvalue weighted by Gasteiger charge is 2.28. The topological polar surface area (TPSA) is 15.3 Å². The molecule has 2 nitrogen and oxygen atoms in total. The van der Waals surface area contributed by atoms with Gasteiger partial charge < -0.3 is 10.2 Å². The summed E-state index contributed by atoms with van der Waals surface area (Å²) in [4.78, 5) is 1.85. The Kier molecular flexibility index (Phi) is 3.27. The fourth-order valence-corrected chi connectivity index (χ4v) is 2.48. The summed E-state index contributed by atoms with van der Waals surface area (Å²) in [5.41, 5.74) is 0.185. The average molecular weight is 261 g/mol. The van der Waals surface area contributed by atoms with Crippen molar-refractivity contribution in [2.75, 3.05) is 24.5 Å². The van der Waals surface area contributed by atoms with Crippen molar-refractivity contribution in [3.05, 3.63) is 28.8 Å². The highest BCUT2D eigenvalue weighted by atomic mass is 35.5. The number of hydrogen-bond acceptors (Lipinski definition) is 2. The van der Waals surface area contributed by atoms with Gasteiger partial charge in [-0.2, -0.15) is 0 Å². The number of rotatable bonds is 1. The molecule has 0 aliphatic carbocycles.